The summed E-state index contributed by atoms with van der Waals surface area (Å²) < 4.78 is 11.1. The van der Waals surface area contributed by atoms with Crippen LogP contribution in [0, 0.1) is 5.92 Å². The van der Waals surface area contributed by atoms with Gasteiger partial charge in [-0.1, -0.05) is 48.9 Å². The highest BCUT2D eigenvalue weighted by atomic mass is 16.8. The van der Waals surface area contributed by atoms with Crippen molar-refractivity contribution >= 4 is 17.9 Å². The number of carboxylic acids is 3. The Hall–Kier alpha value is -2.75. The lowest BCUT2D eigenvalue weighted by molar-refractivity contribution is -0.362. The smallest absolute Gasteiger partial charge is 0.342 e. The zero-order valence-electron chi connectivity index (χ0n) is 18.0. The van der Waals surface area contributed by atoms with Crippen molar-refractivity contribution in [3.63, 3.8) is 0 Å². The second kappa shape index (κ2) is 8.65. The van der Waals surface area contributed by atoms with Crippen LogP contribution in [0.15, 0.2) is 42.0 Å². The summed E-state index contributed by atoms with van der Waals surface area (Å²) in [6.07, 6.45) is 0.746. The Morgan fingerprint density at radius 1 is 1.12 bits per heavy atom. The van der Waals surface area contributed by atoms with Gasteiger partial charge in [0, 0.05) is 12.8 Å². The van der Waals surface area contributed by atoms with Crippen molar-refractivity contribution in [2.45, 2.75) is 69.0 Å². The zero-order chi connectivity index (χ0) is 23.7. The molecule has 4 N–H and O–H groups in total. The van der Waals surface area contributed by atoms with Crippen LogP contribution in [-0.2, 0) is 30.3 Å². The molecule has 2 aliphatic rings. The van der Waals surface area contributed by atoms with Crippen molar-refractivity contribution in [3.8, 4) is 0 Å². The number of aliphatic carboxylic acids is 3. The van der Waals surface area contributed by atoms with Crippen LogP contribution in [0.2, 0.25) is 0 Å². The van der Waals surface area contributed by atoms with E-state index in [9.17, 15) is 34.8 Å². The molecule has 0 aliphatic carbocycles. The predicted molar refractivity (Wildman–Crippen MR) is 111 cm³/mol. The SMILES string of the molecule is CC(=CC(C)Cc1ccccc1)CCC12CCC(C(=O)O)(O1)C(O)(C(=O)O)C(C(=O)O)O2. The molecule has 5 unspecified atom stereocenters. The Morgan fingerprint density at radius 2 is 1.78 bits per heavy atom. The van der Waals surface area contributed by atoms with Gasteiger partial charge < -0.3 is 29.9 Å². The van der Waals surface area contributed by atoms with Crippen molar-refractivity contribution in [3.05, 3.63) is 47.5 Å². The molecule has 0 spiro atoms. The van der Waals surface area contributed by atoms with Crippen LogP contribution >= 0.6 is 0 Å². The minimum Gasteiger partial charge on any atom is -0.479 e. The van der Waals surface area contributed by atoms with E-state index in [1.165, 1.54) is 5.56 Å². The van der Waals surface area contributed by atoms with Crippen molar-refractivity contribution in [2.75, 3.05) is 0 Å². The van der Waals surface area contributed by atoms with Gasteiger partial charge in [-0.25, -0.2) is 14.4 Å². The quantitative estimate of drug-likeness (QED) is 0.417. The van der Waals surface area contributed by atoms with Gasteiger partial charge in [0.05, 0.1) is 0 Å². The molecule has 0 radical (unpaired) electrons. The van der Waals surface area contributed by atoms with Gasteiger partial charge in [0.1, 0.15) is 0 Å². The molecule has 5 atom stereocenters. The number of hydrogen-bond acceptors (Lipinski definition) is 6. The van der Waals surface area contributed by atoms with Crippen molar-refractivity contribution < 1.29 is 44.3 Å². The van der Waals surface area contributed by atoms with Crippen molar-refractivity contribution in [1.29, 1.82) is 0 Å². The number of ether oxygens (including phenoxy) is 2. The number of aliphatic hydroxyl groups is 1. The molecule has 2 aliphatic heterocycles. The fourth-order valence-corrected chi connectivity index (χ4v) is 4.71. The number of carbonyl (C=O) groups is 3. The van der Waals surface area contributed by atoms with E-state index in [1.807, 2.05) is 37.3 Å². The van der Waals surface area contributed by atoms with E-state index < -0.39 is 41.0 Å². The number of hydrogen-bond donors (Lipinski definition) is 4. The average molecular weight is 448 g/mol. The number of rotatable bonds is 9. The molecule has 0 saturated carbocycles. The molecule has 174 valence electrons. The van der Waals surface area contributed by atoms with Gasteiger partial charge in [0.25, 0.3) is 0 Å². The van der Waals surface area contributed by atoms with Crippen LogP contribution in [-0.4, -0.2) is 61.4 Å². The Morgan fingerprint density at radius 3 is 2.34 bits per heavy atom. The number of allylic oxidation sites excluding steroid dienone is 2. The Balaban J connectivity index is 1.78. The number of benzene rings is 1. The Kier molecular flexibility index (Phi) is 6.46. The van der Waals surface area contributed by atoms with E-state index >= 15 is 0 Å². The fourth-order valence-electron chi connectivity index (χ4n) is 4.71. The van der Waals surface area contributed by atoms with E-state index in [4.69, 9.17) is 9.47 Å². The van der Waals surface area contributed by atoms with Gasteiger partial charge in [-0.2, -0.15) is 0 Å². The first-order valence-corrected chi connectivity index (χ1v) is 10.5. The third-order valence-electron chi connectivity index (χ3n) is 6.31. The normalized spacial score (nSPS) is 33.0. The van der Waals surface area contributed by atoms with Gasteiger partial charge in [0.2, 0.25) is 17.3 Å². The molecule has 9 nitrogen and oxygen atoms in total. The zero-order valence-corrected chi connectivity index (χ0v) is 18.0. The molecule has 32 heavy (non-hydrogen) atoms. The molecular weight excluding hydrogens is 420 g/mol. The summed E-state index contributed by atoms with van der Waals surface area (Å²) in [5, 5.41) is 39.5. The van der Waals surface area contributed by atoms with E-state index in [1.54, 1.807) is 0 Å². The average Bonchev–Trinajstić information content (AvgIpc) is 3.07. The first kappa shape index (κ1) is 23.9. The number of carboxylic acid groups (broad SMARTS) is 3. The second-order valence-corrected chi connectivity index (χ2v) is 8.73. The lowest BCUT2D eigenvalue weighted by Gasteiger charge is -2.48. The summed E-state index contributed by atoms with van der Waals surface area (Å²) in [4.78, 5) is 35.5. The lowest BCUT2D eigenvalue weighted by Crippen LogP contribution is -2.75. The minimum absolute atomic E-state index is 0.0501. The van der Waals surface area contributed by atoms with Gasteiger partial charge in [-0.3, -0.25) is 0 Å². The molecule has 3 rings (SSSR count). The highest BCUT2D eigenvalue weighted by Crippen LogP contribution is 2.54. The Labute approximate surface area is 185 Å². The third kappa shape index (κ3) is 4.03. The molecular formula is C23H28O9. The van der Waals surface area contributed by atoms with Gasteiger partial charge >= 0.3 is 17.9 Å². The molecule has 9 heteroatoms. The van der Waals surface area contributed by atoms with Crippen LogP contribution in [0.1, 0.15) is 45.1 Å². The molecule has 1 aromatic carbocycles. The number of fused-ring (bicyclic) bond motifs is 2. The third-order valence-corrected chi connectivity index (χ3v) is 6.31. The molecule has 0 aromatic heterocycles. The van der Waals surface area contributed by atoms with Crippen molar-refractivity contribution in [2.24, 2.45) is 5.92 Å². The van der Waals surface area contributed by atoms with Crippen molar-refractivity contribution in [1.82, 2.24) is 0 Å². The van der Waals surface area contributed by atoms with E-state index in [0.717, 1.165) is 12.0 Å². The van der Waals surface area contributed by atoms with Crippen LogP contribution < -0.4 is 0 Å². The summed E-state index contributed by atoms with van der Waals surface area (Å²) in [6, 6.07) is 9.99. The van der Waals surface area contributed by atoms with Gasteiger partial charge in [-0.15, -0.1) is 0 Å². The summed E-state index contributed by atoms with van der Waals surface area (Å²) in [7, 11) is 0. The lowest BCUT2D eigenvalue weighted by atomic mass is 9.76. The van der Waals surface area contributed by atoms with Crippen LogP contribution in [0.4, 0.5) is 0 Å². The standard InChI is InChI=1S/C23H28O9/c1-14(12-15(2)13-16-6-4-3-5-7-16)8-9-21-10-11-22(32-21,19(26)27)23(30,20(28)29)17(31-21)18(24)25/h3-7,12,15,17,30H,8-11,13H2,1-2H3,(H,24,25)(H,26,27)(H,28,29). The maximum absolute atomic E-state index is 12.0. The van der Waals surface area contributed by atoms with Crippen LogP contribution in [0.5, 0.6) is 0 Å². The summed E-state index contributed by atoms with van der Waals surface area (Å²) in [5.74, 6) is -6.90. The largest absolute Gasteiger partial charge is 0.479 e. The Bertz CT molecular complexity index is 927. The fraction of sp³-hybridized carbons (Fsp3) is 0.522. The molecule has 2 bridgehead atoms. The second-order valence-electron chi connectivity index (χ2n) is 8.73. The topological polar surface area (TPSA) is 151 Å². The first-order valence-electron chi connectivity index (χ1n) is 10.5. The van der Waals surface area contributed by atoms with E-state index in [-0.39, 0.29) is 25.2 Å². The molecule has 2 heterocycles. The first-order chi connectivity index (χ1) is 15.0. The van der Waals surface area contributed by atoms with E-state index in [2.05, 4.69) is 13.0 Å². The minimum atomic E-state index is -3.26. The van der Waals surface area contributed by atoms with Gasteiger partial charge in [0.15, 0.2) is 5.79 Å². The molecule has 2 fully saturated rings. The summed E-state index contributed by atoms with van der Waals surface area (Å²) in [5.41, 5.74) is -3.70. The maximum atomic E-state index is 12.0. The molecule has 0 amide bonds. The monoisotopic (exact) mass is 448 g/mol. The summed E-state index contributed by atoms with van der Waals surface area (Å²) >= 11 is 0. The van der Waals surface area contributed by atoms with Crippen LogP contribution in [0.3, 0.4) is 0 Å². The highest BCUT2D eigenvalue weighted by molar-refractivity contribution is 5.96. The highest BCUT2D eigenvalue weighted by Gasteiger charge is 2.78. The summed E-state index contributed by atoms with van der Waals surface area (Å²) in [6.45, 7) is 3.98. The molecule has 1 aromatic rings. The van der Waals surface area contributed by atoms with E-state index in [0.29, 0.717) is 6.42 Å². The maximum Gasteiger partial charge on any atom is 0.342 e. The van der Waals surface area contributed by atoms with Crippen LogP contribution in [0.25, 0.3) is 0 Å². The predicted octanol–water partition coefficient (Wildman–Crippen LogP) is 2.22. The molecule has 2 saturated heterocycles. The van der Waals surface area contributed by atoms with Gasteiger partial charge in [-0.05, 0) is 37.7 Å².